The van der Waals surface area contributed by atoms with Crippen molar-refractivity contribution in [1.29, 1.82) is 0 Å². The number of hydrogen-bond donors (Lipinski definition) is 2. The largest absolute Gasteiger partial charge is 0.324 e. The first-order chi connectivity index (χ1) is 7.66. The molecular weight excluding hydrogens is 196 g/mol. The van der Waals surface area contributed by atoms with E-state index >= 15 is 0 Å². The van der Waals surface area contributed by atoms with Crippen LogP contribution in [0.1, 0.15) is 46.5 Å². The van der Waals surface area contributed by atoms with Crippen LogP contribution >= 0.6 is 0 Å². The monoisotopic (exact) mass is 226 g/mol. The summed E-state index contributed by atoms with van der Waals surface area (Å²) in [4.78, 5) is 3.75. The highest BCUT2D eigenvalue weighted by atomic mass is 15.3. The number of piperazine rings is 1. The van der Waals surface area contributed by atoms with Crippen molar-refractivity contribution in [3.8, 4) is 0 Å². The Morgan fingerprint density at radius 1 is 1.00 bits per heavy atom. The van der Waals surface area contributed by atoms with E-state index in [1.165, 1.54) is 51.9 Å². The summed E-state index contributed by atoms with van der Waals surface area (Å²) in [6.07, 6.45) is 5.95. The van der Waals surface area contributed by atoms with E-state index in [-0.39, 0.29) is 0 Å². The summed E-state index contributed by atoms with van der Waals surface area (Å²) in [5.41, 5.74) is 0. The van der Waals surface area contributed by atoms with Gasteiger partial charge in [0.25, 0.3) is 0 Å². The van der Waals surface area contributed by atoms with Crippen LogP contribution in [0.5, 0.6) is 0 Å². The fourth-order valence-electron chi connectivity index (χ4n) is 3.68. The molecule has 0 aromatic carbocycles. The molecule has 2 rings (SSSR count). The van der Waals surface area contributed by atoms with Crippen molar-refractivity contribution in [2.45, 2.75) is 58.5 Å². The van der Waals surface area contributed by atoms with Gasteiger partial charge >= 0.3 is 0 Å². The third kappa shape index (κ3) is 2.98. The van der Waals surface area contributed by atoms with E-state index in [1.54, 1.807) is 0 Å². The van der Waals surface area contributed by atoms with Gasteiger partial charge in [0.15, 0.2) is 0 Å². The van der Waals surface area contributed by atoms with Crippen molar-refractivity contribution in [1.82, 2.24) is 0 Å². The van der Waals surface area contributed by atoms with E-state index in [9.17, 15) is 0 Å². The lowest BCUT2D eigenvalue weighted by atomic mass is 9.86. The Balaban J connectivity index is 1.79. The van der Waals surface area contributed by atoms with Gasteiger partial charge in [-0.15, -0.1) is 0 Å². The molecule has 0 bridgehead atoms. The summed E-state index contributed by atoms with van der Waals surface area (Å²) < 4.78 is 0. The first-order valence-electron chi connectivity index (χ1n) is 7.36. The van der Waals surface area contributed by atoms with E-state index < -0.39 is 0 Å². The Morgan fingerprint density at radius 2 is 1.69 bits per heavy atom. The van der Waals surface area contributed by atoms with Crippen LogP contribution in [-0.4, -0.2) is 38.3 Å². The number of nitrogens with one attached hydrogen (secondary N) is 2. The molecule has 0 aromatic rings. The molecule has 0 amide bonds. The lowest BCUT2D eigenvalue weighted by Gasteiger charge is -2.38. The summed E-state index contributed by atoms with van der Waals surface area (Å²) in [5, 5.41) is 0. The van der Waals surface area contributed by atoms with E-state index in [4.69, 9.17) is 0 Å². The molecule has 1 aliphatic carbocycles. The minimum absolute atomic E-state index is 0.826. The highest BCUT2D eigenvalue weighted by Gasteiger charge is 2.32. The molecule has 2 unspecified atom stereocenters. The van der Waals surface area contributed by atoms with Crippen LogP contribution in [0.4, 0.5) is 0 Å². The second kappa shape index (κ2) is 5.50. The topological polar surface area (TPSA) is 8.88 Å². The van der Waals surface area contributed by atoms with Gasteiger partial charge in [0, 0.05) is 6.42 Å². The summed E-state index contributed by atoms with van der Waals surface area (Å²) >= 11 is 0. The van der Waals surface area contributed by atoms with Gasteiger partial charge in [-0.25, -0.2) is 0 Å². The van der Waals surface area contributed by atoms with Gasteiger partial charge in [-0.05, 0) is 32.6 Å². The zero-order valence-corrected chi connectivity index (χ0v) is 11.4. The fourth-order valence-corrected chi connectivity index (χ4v) is 3.68. The van der Waals surface area contributed by atoms with Gasteiger partial charge in [0.1, 0.15) is 26.2 Å². The molecule has 2 nitrogen and oxygen atoms in total. The maximum Gasteiger partial charge on any atom is 0.127 e. The third-order valence-electron chi connectivity index (χ3n) is 4.86. The minimum Gasteiger partial charge on any atom is -0.324 e. The molecule has 2 fully saturated rings. The standard InChI is InChI=1S/C14H28N2/c1-12(2)15-7-9-16(10-8-15)14-6-4-5-13(3)11-14/h12-14H,4-11H2,1-3H3/p+2. The average Bonchev–Trinajstić information content (AvgIpc) is 2.29. The molecule has 2 N–H and O–H groups in total. The molecule has 94 valence electrons. The van der Waals surface area contributed by atoms with Gasteiger partial charge in [-0.3, -0.25) is 0 Å². The second-order valence-electron chi connectivity index (χ2n) is 6.44. The zero-order chi connectivity index (χ0) is 11.5. The molecular formula is C14H30N2+2. The smallest absolute Gasteiger partial charge is 0.127 e. The molecule has 1 aliphatic heterocycles. The van der Waals surface area contributed by atoms with Gasteiger partial charge in [-0.2, -0.15) is 0 Å². The van der Waals surface area contributed by atoms with E-state index in [0.717, 1.165) is 18.0 Å². The number of quaternary nitrogens is 2. The van der Waals surface area contributed by atoms with Gasteiger partial charge in [-0.1, -0.05) is 13.3 Å². The molecule has 1 saturated carbocycles. The molecule has 1 saturated heterocycles. The summed E-state index contributed by atoms with van der Waals surface area (Å²) in [6.45, 7) is 12.8. The Kier molecular flexibility index (Phi) is 4.26. The van der Waals surface area contributed by atoms with Gasteiger partial charge in [0.2, 0.25) is 0 Å². The third-order valence-corrected chi connectivity index (χ3v) is 4.86. The van der Waals surface area contributed by atoms with Crippen LogP contribution < -0.4 is 9.80 Å². The van der Waals surface area contributed by atoms with E-state index in [0.29, 0.717) is 0 Å². The van der Waals surface area contributed by atoms with Crippen molar-refractivity contribution in [3.63, 3.8) is 0 Å². The van der Waals surface area contributed by atoms with Crippen LogP contribution in [0, 0.1) is 5.92 Å². The molecule has 2 atom stereocenters. The zero-order valence-electron chi connectivity index (χ0n) is 11.4. The summed E-state index contributed by atoms with van der Waals surface area (Å²) in [5.74, 6) is 0.988. The maximum absolute atomic E-state index is 2.45. The first-order valence-corrected chi connectivity index (χ1v) is 7.36. The number of rotatable bonds is 2. The Bertz CT molecular complexity index is 207. The van der Waals surface area contributed by atoms with Crippen LogP contribution in [0.25, 0.3) is 0 Å². The van der Waals surface area contributed by atoms with Crippen LogP contribution in [0.3, 0.4) is 0 Å². The average molecular weight is 226 g/mol. The molecule has 0 radical (unpaired) electrons. The molecule has 0 aromatic heterocycles. The normalized spacial score (nSPS) is 41.2. The van der Waals surface area contributed by atoms with E-state index in [1.807, 2.05) is 9.80 Å². The lowest BCUT2D eigenvalue weighted by Crippen LogP contribution is -3.30. The molecule has 2 aliphatic rings. The summed E-state index contributed by atoms with van der Waals surface area (Å²) in [7, 11) is 0. The minimum atomic E-state index is 0.826. The van der Waals surface area contributed by atoms with Gasteiger partial charge < -0.3 is 9.80 Å². The second-order valence-corrected chi connectivity index (χ2v) is 6.44. The van der Waals surface area contributed by atoms with Crippen molar-refractivity contribution in [2.75, 3.05) is 26.2 Å². The van der Waals surface area contributed by atoms with Crippen molar-refractivity contribution < 1.29 is 9.80 Å². The van der Waals surface area contributed by atoms with Crippen LogP contribution in [0.15, 0.2) is 0 Å². The SMILES string of the molecule is CC1CCCC([NH+]2CC[NH+](C(C)C)CC2)C1. The molecule has 2 heteroatoms. The lowest BCUT2D eigenvalue weighted by molar-refractivity contribution is -1.03. The predicted molar refractivity (Wildman–Crippen MR) is 67.9 cm³/mol. The van der Waals surface area contributed by atoms with Crippen molar-refractivity contribution >= 4 is 0 Å². The highest BCUT2D eigenvalue weighted by Crippen LogP contribution is 2.21. The van der Waals surface area contributed by atoms with Crippen molar-refractivity contribution in [2.24, 2.45) is 5.92 Å². The molecule has 0 spiro atoms. The van der Waals surface area contributed by atoms with Crippen molar-refractivity contribution in [3.05, 3.63) is 0 Å². The predicted octanol–water partition coefficient (Wildman–Crippen LogP) is -0.243. The van der Waals surface area contributed by atoms with E-state index in [2.05, 4.69) is 20.8 Å². The Morgan fingerprint density at radius 3 is 2.25 bits per heavy atom. The maximum atomic E-state index is 2.45. The quantitative estimate of drug-likeness (QED) is 0.643. The molecule has 16 heavy (non-hydrogen) atoms. The number of hydrogen-bond acceptors (Lipinski definition) is 0. The van der Waals surface area contributed by atoms with Crippen LogP contribution in [-0.2, 0) is 0 Å². The Hall–Kier alpha value is -0.0800. The van der Waals surface area contributed by atoms with Gasteiger partial charge in [0.05, 0.1) is 12.1 Å². The fraction of sp³-hybridized carbons (Fsp3) is 1.00. The Labute approximate surface area is 101 Å². The summed E-state index contributed by atoms with van der Waals surface area (Å²) in [6, 6.07) is 1.82. The molecule has 1 heterocycles. The highest BCUT2D eigenvalue weighted by molar-refractivity contribution is 4.69. The van der Waals surface area contributed by atoms with Crippen LogP contribution in [0.2, 0.25) is 0 Å². The first kappa shape index (κ1) is 12.4.